The van der Waals surface area contributed by atoms with Crippen LogP contribution in [0.4, 0.5) is 0 Å². The van der Waals surface area contributed by atoms with Gasteiger partial charge in [0.2, 0.25) is 0 Å². The van der Waals surface area contributed by atoms with E-state index < -0.39 is 0 Å². The van der Waals surface area contributed by atoms with Crippen molar-refractivity contribution in [1.82, 2.24) is 0 Å². The van der Waals surface area contributed by atoms with Gasteiger partial charge in [-0.05, 0) is 61.3 Å². The number of carbonyl (C=O) groups excluding carboxylic acids is 1. The molecule has 0 spiro atoms. The molecule has 6 rings (SSSR count). The molecule has 1 aromatic carbocycles. The number of hydrogen-bond acceptors (Lipinski definition) is 3. The highest BCUT2D eigenvalue weighted by atomic mass is 16.7. The Labute approximate surface area is 182 Å². The van der Waals surface area contributed by atoms with Crippen LogP contribution < -0.4 is 0 Å². The van der Waals surface area contributed by atoms with Crippen molar-refractivity contribution in [1.29, 1.82) is 0 Å². The van der Waals surface area contributed by atoms with Crippen molar-refractivity contribution >= 4 is 12.9 Å². The smallest absolute Gasteiger partial charge is 0.405 e. The topological polar surface area (TPSA) is 35.5 Å². The van der Waals surface area contributed by atoms with Gasteiger partial charge in [-0.3, -0.25) is 4.79 Å². The maximum Gasteiger partial charge on any atom is 0.461 e. The van der Waals surface area contributed by atoms with Gasteiger partial charge >= 0.3 is 7.12 Å². The van der Waals surface area contributed by atoms with Crippen LogP contribution in [0.5, 0.6) is 0 Å². The third-order valence-corrected chi connectivity index (χ3v) is 9.08. The molecular formula is C26H37BO3. The molecule has 0 N–H and O–H groups in total. The third kappa shape index (κ3) is 3.58. The highest BCUT2D eigenvalue weighted by Gasteiger charge is 2.68. The summed E-state index contributed by atoms with van der Waals surface area (Å²) < 4.78 is 13.3. The highest BCUT2D eigenvalue weighted by molar-refractivity contribution is 6.47. The fraction of sp³-hybridized carbons (Fsp3) is 0.731. The Bertz CT molecular complexity index is 789. The Balaban J connectivity index is 1.26. The molecule has 5 aliphatic rings. The Morgan fingerprint density at radius 1 is 1.17 bits per heavy atom. The second kappa shape index (κ2) is 7.48. The van der Waals surface area contributed by atoms with Gasteiger partial charge in [0.1, 0.15) is 5.78 Å². The fourth-order valence-corrected chi connectivity index (χ4v) is 6.71. The SMILES string of the molecule is CC(Cc1ccccc1)C(=O)C[C@@H](CC1CC1)B1O[C@@H]2C[C@@H]3C[C@@H](C3(C)C)[C@]2(C)O1. The fourth-order valence-electron chi connectivity index (χ4n) is 6.71. The monoisotopic (exact) mass is 408 g/mol. The second-order valence-corrected chi connectivity index (χ2v) is 11.5. The van der Waals surface area contributed by atoms with E-state index in [0.29, 0.717) is 23.5 Å². The number of rotatable bonds is 8. The van der Waals surface area contributed by atoms with Crippen LogP contribution in [0.2, 0.25) is 5.82 Å². The van der Waals surface area contributed by atoms with Crippen LogP contribution in [0.25, 0.3) is 0 Å². The lowest BCUT2D eigenvalue weighted by atomic mass is 9.43. The molecule has 1 saturated heterocycles. The minimum absolute atomic E-state index is 0.0418. The van der Waals surface area contributed by atoms with Gasteiger partial charge in [-0.25, -0.2) is 0 Å². The molecule has 4 saturated carbocycles. The molecule has 30 heavy (non-hydrogen) atoms. The van der Waals surface area contributed by atoms with E-state index in [4.69, 9.17) is 9.31 Å². The van der Waals surface area contributed by atoms with Crippen molar-refractivity contribution in [2.75, 3.05) is 0 Å². The molecular weight excluding hydrogens is 371 g/mol. The van der Waals surface area contributed by atoms with Gasteiger partial charge in [0, 0.05) is 18.2 Å². The van der Waals surface area contributed by atoms with Gasteiger partial charge < -0.3 is 9.31 Å². The first kappa shape index (κ1) is 20.8. The van der Waals surface area contributed by atoms with Crippen molar-refractivity contribution in [2.45, 2.75) is 90.2 Å². The van der Waals surface area contributed by atoms with Gasteiger partial charge in [-0.1, -0.05) is 63.9 Å². The van der Waals surface area contributed by atoms with Crippen LogP contribution in [-0.4, -0.2) is 24.6 Å². The number of Topliss-reactive ketones (excluding diaryl/α,β-unsaturated/α-hetero) is 1. The summed E-state index contributed by atoms with van der Waals surface area (Å²) in [7, 11) is -0.205. The summed E-state index contributed by atoms with van der Waals surface area (Å²) >= 11 is 0. The van der Waals surface area contributed by atoms with Crippen LogP contribution in [0.3, 0.4) is 0 Å². The molecule has 1 heterocycles. The van der Waals surface area contributed by atoms with E-state index in [9.17, 15) is 4.79 Å². The minimum Gasteiger partial charge on any atom is -0.405 e. The summed E-state index contributed by atoms with van der Waals surface area (Å²) in [5.41, 5.74) is 1.42. The molecule has 4 heteroatoms. The van der Waals surface area contributed by atoms with Gasteiger partial charge in [0.15, 0.2) is 0 Å². The number of benzene rings is 1. The van der Waals surface area contributed by atoms with Crippen LogP contribution in [-0.2, 0) is 20.5 Å². The van der Waals surface area contributed by atoms with E-state index in [-0.39, 0.29) is 30.6 Å². The summed E-state index contributed by atoms with van der Waals surface area (Å²) in [5, 5.41) is 0. The predicted molar refractivity (Wildman–Crippen MR) is 120 cm³/mol. The summed E-state index contributed by atoms with van der Waals surface area (Å²) in [6.07, 6.45) is 7.69. The molecule has 162 valence electrons. The lowest BCUT2D eigenvalue weighted by Crippen LogP contribution is -2.65. The normalized spacial score (nSPS) is 36.0. The largest absolute Gasteiger partial charge is 0.461 e. The van der Waals surface area contributed by atoms with E-state index in [0.717, 1.165) is 31.1 Å². The lowest BCUT2D eigenvalue weighted by molar-refractivity contribution is -0.199. The maximum absolute atomic E-state index is 13.2. The Kier molecular flexibility index (Phi) is 5.18. The standard InChI is InChI=1S/C26H37BO3/c1-17(12-18-8-6-5-7-9-18)22(28)16-21(13-19-10-11-19)27-29-24-15-20-14-23(25(20,2)3)26(24,4)30-27/h5-9,17,19-21,23-24H,10-16H2,1-4H3/t17?,20-,21+,23-,24+,26-/m0/s1. The van der Waals surface area contributed by atoms with Gasteiger partial charge in [-0.15, -0.1) is 0 Å². The molecule has 1 aromatic rings. The average Bonchev–Trinajstić information content (AvgIpc) is 3.45. The predicted octanol–water partition coefficient (Wildman–Crippen LogP) is 5.72. The van der Waals surface area contributed by atoms with E-state index in [2.05, 4.69) is 52.0 Å². The molecule has 0 aromatic heterocycles. The summed E-state index contributed by atoms with van der Waals surface area (Å²) in [6, 6.07) is 10.4. The Hall–Kier alpha value is -1.13. The highest BCUT2D eigenvalue weighted by Crippen LogP contribution is 2.66. The van der Waals surface area contributed by atoms with Gasteiger partial charge in [0.25, 0.3) is 0 Å². The Morgan fingerprint density at radius 2 is 1.90 bits per heavy atom. The molecule has 1 aliphatic heterocycles. The number of hydrogen-bond donors (Lipinski definition) is 0. The molecule has 0 amide bonds. The average molecular weight is 408 g/mol. The third-order valence-electron chi connectivity index (χ3n) is 9.08. The van der Waals surface area contributed by atoms with Crippen molar-refractivity contribution < 1.29 is 14.1 Å². The summed E-state index contributed by atoms with van der Waals surface area (Å²) in [5.74, 6) is 2.71. The van der Waals surface area contributed by atoms with E-state index in [1.165, 1.54) is 24.8 Å². The first-order chi connectivity index (χ1) is 14.3. The van der Waals surface area contributed by atoms with Crippen molar-refractivity contribution in [3.63, 3.8) is 0 Å². The van der Waals surface area contributed by atoms with Gasteiger partial charge in [0.05, 0.1) is 11.7 Å². The number of carbonyl (C=O) groups is 1. The molecule has 3 nitrogen and oxygen atoms in total. The van der Waals surface area contributed by atoms with Gasteiger partial charge in [-0.2, -0.15) is 0 Å². The summed E-state index contributed by atoms with van der Waals surface area (Å²) in [4.78, 5) is 13.2. The Morgan fingerprint density at radius 3 is 2.57 bits per heavy atom. The molecule has 1 unspecified atom stereocenters. The van der Waals surface area contributed by atoms with Crippen molar-refractivity contribution in [3.05, 3.63) is 35.9 Å². The molecule has 5 fully saturated rings. The number of ketones is 1. The zero-order chi connectivity index (χ0) is 21.1. The van der Waals surface area contributed by atoms with Crippen LogP contribution in [0.15, 0.2) is 30.3 Å². The van der Waals surface area contributed by atoms with Crippen LogP contribution >= 0.6 is 0 Å². The quantitative estimate of drug-likeness (QED) is 0.516. The minimum atomic E-state index is -0.205. The molecule has 2 bridgehead atoms. The van der Waals surface area contributed by atoms with Crippen molar-refractivity contribution in [2.24, 2.45) is 29.1 Å². The first-order valence-electron chi connectivity index (χ1n) is 12.2. The second-order valence-electron chi connectivity index (χ2n) is 11.5. The molecule has 0 radical (unpaired) electrons. The zero-order valence-corrected chi connectivity index (χ0v) is 19.1. The van der Waals surface area contributed by atoms with E-state index in [1.807, 2.05) is 6.07 Å². The maximum atomic E-state index is 13.2. The molecule has 4 aliphatic carbocycles. The molecule has 6 atom stereocenters. The lowest BCUT2D eigenvalue weighted by Gasteiger charge is -2.64. The van der Waals surface area contributed by atoms with E-state index >= 15 is 0 Å². The van der Waals surface area contributed by atoms with E-state index in [1.54, 1.807) is 0 Å². The summed E-state index contributed by atoms with van der Waals surface area (Å²) in [6.45, 7) is 9.17. The van der Waals surface area contributed by atoms with Crippen LogP contribution in [0, 0.1) is 29.1 Å². The van der Waals surface area contributed by atoms with Crippen molar-refractivity contribution in [3.8, 4) is 0 Å². The van der Waals surface area contributed by atoms with Crippen LogP contribution in [0.1, 0.15) is 71.8 Å². The first-order valence-corrected chi connectivity index (χ1v) is 12.2. The zero-order valence-electron chi connectivity index (χ0n) is 19.1.